The third-order valence-electron chi connectivity index (χ3n) is 2.97. The fourth-order valence-electron chi connectivity index (χ4n) is 2.09. The summed E-state index contributed by atoms with van der Waals surface area (Å²) < 4.78 is 0. The molecule has 0 aromatic rings. The van der Waals surface area contributed by atoms with E-state index in [1.54, 1.807) is 0 Å². The molecule has 5 heteroatoms. The number of unbranched alkanes of at least 4 members (excludes halogenated alkanes) is 1. The lowest BCUT2D eigenvalue weighted by molar-refractivity contribution is -0.0304. The molecule has 4 N–H and O–H groups in total. The van der Waals surface area contributed by atoms with Gasteiger partial charge in [-0.25, -0.2) is 0 Å². The normalized spacial score (nSPS) is 34.6. The number of hydrogen-bond acceptors (Lipinski definition) is 5. The number of hydrogen-bond donors (Lipinski definition) is 4. The molecule has 0 aromatic heterocycles. The van der Waals surface area contributed by atoms with Gasteiger partial charge in [-0.3, -0.25) is 4.90 Å². The van der Waals surface area contributed by atoms with Gasteiger partial charge in [0, 0.05) is 6.54 Å². The van der Waals surface area contributed by atoms with Crippen LogP contribution in [-0.2, 0) is 0 Å². The van der Waals surface area contributed by atoms with Gasteiger partial charge in [-0.15, -0.1) is 0 Å². The summed E-state index contributed by atoms with van der Waals surface area (Å²) >= 11 is 0. The third-order valence-corrected chi connectivity index (χ3v) is 2.97. The van der Waals surface area contributed by atoms with Crippen LogP contribution in [0, 0.1) is 0 Å². The van der Waals surface area contributed by atoms with Gasteiger partial charge >= 0.3 is 0 Å². The Morgan fingerprint density at radius 3 is 2.60 bits per heavy atom. The Bertz CT molecular complexity index is 190. The van der Waals surface area contributed by atoms with E-state index in [0.29, 0.717) is 6.54 Å². The molecule has 0 spiro atoms. The lowest BCUT2D eigenvalue weighted by atomic mass is 10.1. The van der Waals surface area contributed by atoms with E-state index in [4.69, 9.17) is 5.11 Å². The minimum Gasteiger partial charge on any atom is -0.394 e. The van der Waals surface area contributed by atoms with Crippen LogP contribution in [0.3, 0.4) is 0 Å². The monoisotopic (exact) mass is 219 g/mol. The molecule has 1 rings (SSSR count). The molecule has 0 bridgehead atoms. The van der Waals surface area contributed by atoms with Gasteiger partial charge in [0.1, 0.15) is 0 Å². The van der Waals surface area contributed by atoms with Crippen molar-refractivity contribution in [2.75, 3.05) is 19.7 Å². The summed E-state index contributed by atoms with van der Waals surface area (Å²) in [6.07, 6.45) is -0.815. The molecule has 0 unspecified atom stereocenters. The van der Waals surface area contributed by atoms with Crippen LogP contribution in [0.5, 0.6) is 0 Å². The van der Waals surface area contributed by atoms with Crippen molar-refractivity contribution in [3.05, 3.63) is 0 Å². The maximum atomic E-state index is 9.67. The number of aliphatic hydroxyl groups excluding tert-OH is 4. The predicted molar refractivity (Wildman–Crippen MR) is 55.4 cm³/mol. The van der Waals surface area contributed by atoms with Crippen LogP contribution in [0.2, 0.25) is 0 Å². The average molecular weight is 219 g/mol. The zero-order valence-corrected chi connectivity index (χ0v) is 9.08. The van der Waals surface area contributed by atoms with Crippen LogP contribution in [0.15, 0.2) is 0 Å². The van der Waals surface area contributed by atoms with Crippen LogP contribution in [0.1, 0.15) is 19.8 Å². The van der Waals surface area contributed by atoms with E-state index in [2.05, 4.69) is 6.92 Å². The van der Waals surface area contributed by atoms with Gasteiger partial charge in [-0.05, 0) is 13.0 Å². The lowest BCUT2D eigenvalue weighted by Crippen LogP contribution is -2.47. The highest BCUT2D eigenvalue weighted by Gasteiger charge is 2.42. The first-order valence-corrected chi connectivity index (χ1v) is 5.51. The highest BCUT2D eigenvalue weighted by Crippen LogP contribution is 2.21. The van der Waals surface area contributed by atoms with Gasteiger partial charge < -0.3 is 20.4 Å². The second-order valence-electron chi connectivity index (χ2n) is 4.15. The molecular formula is C10H21NO4. The summed E-state index contributed by atoms with van der Waals surface area (Å²) in [6, 6.07) is -0.545. The Labute approximate surface area is 90.0 Å². The first kappa shape index (κ1) is 12.9. The van der Waals surface area contributed by atoms with Gasteiger partial charge in [-0.1, -0.05) is 13.3 Å². The molecule has 0 aromatic carbocycles. The van der Waals surface area contributed by atoms with Gasteiger partial charge in [0.15, 0.2) is 0 Å². The zero-order valence-electron chi connectivity index (χ0n) is 9.08. The molecule has 1 fully saturated rings. The van der Waals surface area contributed by atoms with Crippen LogP contribution >= 0.6 is 0 Å². The van der Waals surface area contributed by atoms with E-state index < -0.39 is 31.0 Å². The van der Waals surface area contributed by atoms with Crippen LogP contribution in [0.25, 0.3) is 0 Å². The summed E-state index contributed by atoms with van der Waals surface area (Å²) in [6.45, 7) is 2.76. The van der Waals surface area contributed by atoms with Gasteiger partial charge in [0.25, 0.3) is 0 Å². The van der Waals surface area contributed by atoms with Crippen molar-refractivity contribution in [2.24, 2.45) is 0 Å². The van der Waals surface area contributed by atoms with E-state index in [0.717, 1.165) is 19.4 Å². The van der Waals surface area contributed by atoms with Crippen LogP contribution in [0.4, 0.5) is 0 Å². The molecule has 1 saturated heterocycles. The average Bonchev–Trinajstić information content (AvgIpc) is 2.51. The predicted octanol–water partition coefficient (Wildman–Crippen LogP) is -1.45. The van der Waals surface area contributed by atoms with Crippen molar-refractivity contribution in [1.29, 1.82) is 0 Å². The third kappa shape index (κ3) is 2.89. The lowest BCUT2D eigenvalue weighted by Gasteiger charge is -2.28. The van der Waals surface area contributed by atoms with Crippen molar-refractivity contribution in [3.8, 4) is 0 Å². The Morgan fingerprint density at radius 1 is 1.40 bits per heavy atom. The van der Waals surface area contributed by atoms with E-state index in [1.165, 1.54) is 0 Å². The molecule has 5 nitrogen and oxygen atoms in total. The largest absolute Gasteiger partial charge is 0.394 e. The first-order valence-electron chi connectivity index (χ1n) is 5.51. The molecule has 15 heavy (non-hydrogen) atoms. The topological polar surface area (TPSA) is 84.2 Å². The van der Waals surface area contributed by atoms with Gasteiger partial charge in [0.2, 0.25) is 0 Å². The van der Waals surface area contributed by atoms with Crippen LogP contribution < -0.4 is 0 Å². The quantitative estimate of drug-likeness (QED) is 0.454. The fourth-order valence-corrected chi connectivity index (χ4v) is 2.09. The molecule has 0 radical (unpaired) electrons. The number of β-amino-alcohol motifs (C(OH)–C–C–N with tert-alkyl or cyclic N) is 1. The van der Waals surface area contributed by atoms with Crippen LogP contribution in [-0.4, -0.2) is 69.4 Å². The number of likely N-dealkylation sites (tertiary alicyclic amines) is 1. The van der Waals surface area contributed by atoms with E-state index in [-0.39, 0.29) is 0 Å². The van der Waals surface area contributed by atoms with Crippen molar-refractivity contribution in [3.63, 3.8) is 0 Å². The Morgan fingerprint density at radius 2 is 2.07 bits per heavy atom. The fraction of sp³-hybridized carbons (Fsp3) is 1.00. The summed E-state index contributed by atoms with van der Waals surface area (Å²) in [5.74, 6) is 0. The Balaban J connectivity index is 2.60. The Kier molecular flexibility index (Phi) is 4.95. The molecule has 1 aliphatic heterocycles. The number of nitrogens with zero attached hydrogens (tertiary/aromatic N) is 1. The molecular weight excluding hydrogens is 198 g/mol. The van der Waals surface area contributed by atoms with E-state index >= 15 is 0 Å². The van der Waals surface area contributed by atoms with E-state index in [9.17, 15) is 15.3 Å². The summed E-state index contributed by atoms with van der Waals surface area (Å²) in [5.41, 5.74) is 0. The number of rotatable bonds is 5. The smallest absolute Gasteiger partial charge is 0.0992 e. The molecule has 90 valence electrons. The highest BCUT2D eigenvalue weighted by molar-refractivity contribution is 4.96. The van der Waals surface area contributed by atoms with Crippen molar-refractivity contribution < 1.29 is 20.4 Å². The number of aliphatic hydroxyl groups is 4. The zero-order chi connectivity index (χ0) is 11.4. The molecule has 1 aliphatic rings. The van der Waals surface area contributed by atoms with Gasteiger partial charge in [-0.2, -0.15) is 0 Å². The Hall–Kier alpha value is -0.200. The minimum atomic E-state index is -0.992. The summed E-state index contributed by atoms with van der Waals surface area (Å²) in [4.78, 5) is 1.85. The maximum Gasteiger partial charge on any atom is 0.0992 e. The minimum absolute atomic E-state index is 0.364. The molecule has 0 amide bonds. The van der Waals surface area contributed by atoms with Crippen molar-refractivity contribution in [2.45, 2.75) is 44.1 Å². The van der Waals surface area contributed by atoms with Crippen molar-refractivity contribution in [1.82, 2.24) is 4.90 Å². The molecule has 4 atom stereocenters. The van der Waals surface area contributed by atoms with E-state index in [1.807, 2.05) is 4.90 Å². The second-order valence-corrected chi connectivity index (χ2v) is 4.15. The first-order chi connectivity index (χ1) is 7.11. The molecule has 1 heterocycles. The standard InChI is InChI=1S/C10H21NO4/c1-2-3-4-11-5-7(13)10(15)9(11)8(14)6-12/h7-10,12-15H,2-6H2,1H3/t7-,8+,9+,10-/m0/s1. The SMILES string of the molecule is CCCCN1C[C@H](O)[C@H](O)[C@H]1[C@H](O)CO. The highest BCUT2D eigenvalue weighted by atomic mass is 16.3. The van der Waals surface area contributed by atoms with Gasteiger partial charge in [0.05, 0.1) is 31.0 Å². The van der Waals surface area contributed by atoms with Crippen molar-refractivity contribution >= 4 is 0 Å². The second kappa shape index (κ2) is 5.77. The summed E-state index contributed by atoms with van der Waals surface area (Å²) in [7, 11) is 0. The molecule has 0 aliphatic carbocycles. The maximum absolute atomic E-state index is 9.67. The molecule has 0 saturated carbocycles. The summed E-state index contributed by atoms with van der Waals surface area (Å²) in [5, 5.41) is 37.6.